The van der Waals surface area contributed by atoms with Gasteiger partial charge in [0.25, 0.3) is 11.6 Å². The molecule has 0 atom stereocenters. The van der Waals surface area contributed by atoms with Gasteiger partial charge in [-0.15, -0.1) is 0 Å². The number of rotatable bonds is 7. The minimum Gasteiger partial charge on any atom is -0.396 e. The number of para-hydroxylation sites is 1. The Morgan fingerprint density at radius 2 is 1.73 bits per heavy atom. The van der Waals surface area contributed by atoms with E-state index in [1.54, 1.807) is 11.0 Å². The first-order chi connectivity index (χ1) is 14.5. The number of nitro benzene ring substituents is 1. The number of anilines is 1. The van der Waals surface area contributed by atoms with Crippen molar-refractivity contribution in [1.82, 2.24) is 5.32 Å². The zero-order chi connectivity index (χ0) is 21.5. The van der Waals surface area contributed by atoms with Gasteiger partial charge in [0.1, 0.15) is 5.56 Å². The van der Waals surface area contributed by atoms with Crippen LogP contribution in [0.1, 0.15) is 23.2 Å². The third kappa shape index (κ3) is 4.79. The van der Waals surface area contributed by atoms with E-state index in [0.717, 1.165) is 16.5 Å². The van der Waals surface area contributed by atoms with Crippen molar-refractivity contribution in [1.29, 1.82) is 0 Å². The molecule has 0 radical (unpaired) electrons. The van der Waals surface area contributed by atoms with E-state index in [-0.39, 0.29) is 23.0 Å². The normalized spacial score (nSPS) is 10.6. The lowest BCUT2D eigenvalue weighted by molar-refractivity contribution is -0.385. The van der Waals surface area contributed by atoms with Gasteiger partial charge in [-0.1, -0.05) is 48.5 Å². The van der Waals surface area contributed by atoms with E-state index in [2.05, 4.69) is 5.32 Å². The number of hydrogen-bond donors (Lipinski definition) is 2. The number of amides is 1. The summed E-state index contributed by atoms with van der Waals surface area (Å²) >= 11 is 5.52. The quantitative estimate of drug-likeness (QED) is 0.258. The molecule has 1 amide bonds. The molecule has 8 heteroatoms. The van der Waals surface area contributed by atoms with Crippen LogP contribution in [0.2, 0.25) is 0 Å². The molecule has 0 aliphatic heterocycles. The summed E-state index contributed by atoms with van der Waals surface area (Å²) in [6, 6.07) is 19.4. The first kappa shape index (κ1) is 21.4. The van der Waals surface area contributed by atoms with E-state index < -0.39 is 10.8 Å². The number of nitrogens with one attached hydrogen (secondary N) is 1. The van der Waals surface area contributed by atoms with Crippen molar-refractivity contribution in [3.8, 4) is 0 Å². The van der Waals surface area contributed by atoms with Crippen LogP contribution >= 0.6 is 12.2 Å². The summed E-state index contributed by atoms with van der Waals surface area (Å²) in [5.74, 6) is -0.639. The molecule has 3 aromatic carbocycles. The molecule has 0 bridgehead atoms. The van der Waals surface area contributed by atoms with Crippen LogP contribution in [0.4, 0.5) is 11.4 Å². The predicted octanol–water partition coefficient (Wildman–Crippen LogP) is 4.04. The number of fused-ring (bicyclic) bond motifs is 1. The predicted molar refractivity (Wildman–Crippen MR) is 121 cm³/mol. The van der Waals surface area contributed by atoms with Crippen LogP contribution in [0, 0.1) is 10.1 Å². The van der Waals surface area contributed by atoms with Crippen molar-refractivity contribution in [3.05, 3.63) is 82.4 Å². The molecule has 2 N–H and O–H groups in total. The molecule has 154 valence electrons. The van der Waals surface area contributed by atoms with Crippen molar-refractivity contribution in [2.24, 2.45) is 0 Å². The molecule has 0 unspecified atom stereocenters. The van der Waals surface area contributed by atoms with Crippen LogP contribution < -0.4 is 10.2 Å². The maximum absolute atomic E-state index is 12.7. The van der Waals surface area contributed by atoms with Crippen LogP contribution in [-0.2, 0) is 0 Å². The molecule has 0 aliphatic rings. The van der Waals surface area contributed by atoms with Crippen molar-refractivity contribution in [2.45, 2.75) is 12.8 Å². The second kappa shape index (κ2) is 9.91. The number of aliphatic hydroxyl groups is 1. The third-order valence-electron chi connectivity index (χ3n) is 4.66. The summed E-state index contributed by atoms with van der Waals surface area (Å²) in [5.41, 5.74) is 0.478. The highest BCUT2D eigenvalue weighted by atomic mass is 32.1. The van der Waals surface area contributed by atoms with Crippen LogP contribution in [-0.4, -0.2) is 34.2 Å². The number of thiocarbonyl (C=S) groups is 1. The maximum Gasteiger partial charge on any atom is 0.282 e. The van der Waals surface area contributed by atoms with Gasteiger partial charge in [0.15, 0.2) is 5.11 Å². The van der Waals surface area contributed by atoms with E-state index >= 15 is 0 Å². The Kier molecular flexibility index (Phi) is 7.05. The summed E-state index contributed by atoms with van der Waals surface area (Å²) < 4.78 is 0. The summed E-state index contributed by atoms with van der Waals surface area (Å²) in [4.78, 5) is 25.2. The first-order valence-electron chi connectivity index (χ1n) is 9.48. The van der Waals surface area contributed by atoms with Gasteiger partial charge in [-0.05, 0) is 42.6 Å². The van der Waals surface area contributed by atoms with Gasteiger partial charge in [-0.25, -0.2) is 0 Å². The molecule has 3 aromatic rings. The molecule has 0 heterocycles. The Bertz CT molecular complexity index is 1080. The molecule has 0 saturated carbocycles. The largest absolute Gasteiger partial charge is 0.396 e. The molecule has 0 saturated heterocycles. The number of nitrogens with zero attached hydrogens (tertiary/aromatic N) is 2. The Morgan fingerprint density at radius 3 is 2.50 bits per heavy atom. The van der Waals surface area contributed by atoms with Crippen LogP contribution in [0.3, 0.4) is 0 Å². The van der Waals surface area contributed by atoms with Gasteiger partial charge in [0.2, 0.25) is 0 Å². The van der Waals surface area contributed by atoms with Gasteiger partial charge in [0, 0.05) is 24.6 Å². The number of hydrogen-bond acceptors (Lipinski definition) is 5. The average molecular weight is 423 g/mol. The maximum atomic E-state index is 12.7. The van der Waals surface area contributed by atoms with Crippen LogP contribution in [0.5, 0.6) is 0 Å². The highest BCUT2D eigenvalue weighted by molar-refractivity contribution is 7.80. The SMILES string of the molecule is O=C(NC(=S)N(CCCCO)c1cccc2ccccc12)c1ccccc1[N+](=O)[O-]. The zero-order valence-corrected chi connectivity index (χ0v) is 17.0. The zero-order valence-electron chi connectivity index (χ0n) is 16.2. The summed E-state index contributed by atoms with van der Waals surface area (Å²) in [7, 11) is 0. The average Bonchev–Trinajstić information content (AvgIpc) is 2.76. The highest BCUT2D eigenvalue weighted by Gasteiger charge is 2.22. The van der Waals surface area contributed by atoms with Crippen molar-refractivity contribution in [2.75, 3.05) is 18.1 Å². The van der Waals surface area contributed by atoms with Crippen LogP contribution in [0.25, 0.3) is 10.8 Å². The molecule has 3 rings (SSSR count). The number of unbranched alkanes of at least 4 members (excludes halogenated alkanes) is 1. The molecule has 7 nitrogen and oxygen atoms in total. The number of carbonyl (C=O) groups is 1. The number of nitro groups is 1. The Balaban J connectivity index is 1.91. The fraction of sp³-hybridized carbons (Fsp3) is 0.182. The van der Waals surface area contributed by atoms with Crippen molar-refractivity contribution in [3.63, 3.8) is 0 Å². The molecule has 0 fully saturated rings. The molecular formula is C22H21N3O4S. The summed E-state index contributed by atoms with van der Waals surface area (Å²) in [6.45, 7) is 0.531. The molecule has 0 spiro atoms. The summed E-state index contributed by atoms with van der Waals surface area (Å²) in [6.07, 6.45) is 1.24. The standard InChI is InChI=1S/C22H21N3O4S/c26-15-6-5-14-24(19-13-7-9-16-8-1-2-10-17(16)19)22(30)23-21(27)18-11-3-4-12-20(18)25(28)29/h1-4,7-13,26H,5-6,14-15H2,(H,23,27,30). The lowest BCUT2D eigenvalue weighted by Crippen LogP contribution is -2.43. The van der Waals surface area contributed by atoms with Gasteiger partial charge in [-0.2, -0.15) is 0 Å². The van der Waals surface area contributed by atoms with E-state index in [0.29, 0.717) is 19.4 Å². The van der Waals surface area contributed by atoms with Crippen molar-refractivity contribution < 1.29 is 14.8 Å². The monoisotopic (exact) mass is 423 g/mol. The van der Waals surface area contributed by atoms with Crippen molar-refractivity contribution >= 4 is 45.4 Å². The highest BCUT2D eigenvalue weighted by Crippen LogP contribution is 2.27. The second-order valence-electron chi connectivity index (χ2n) is 6.61. The first-order valence-corrected chi connectivity index (χ1v) is 9.88. The Hall–Kier alpha value is -3.36. The molecule has 0 aliphatic carbocycles. The third-order valence-corrected chi connectivity index (χ3v) is 4.98. The molecule has 0 aromatic heterocycles. The smallest absolute Gasteiger partial charge is 0.282 e. The minimum absolute atomic E-state index is 0.0543. The van der Waals surface area contributed by atoms with Gasteiger partial charge in [-0.3, -0.25) is 20.2 Å². The van der Waals surface area contributed by atoms with E-state index in [9.17, 15) is 14.9 Å². The topological polar surface area (TPSA) is 95.7 Å². The number of benzene rings is 3. The Labute approximate surface area is 179 Å². The van der Waals surface area contributed by atoms with E-state index in [1.165, 1.54) is 18.2 Å². The summed E-state index contributed by atoms with van der Waals surface area (Å²) in [5, 5.41) is 25.2. The second-order valence-corrected chi connectivity index (χ2v) is 7.00. The Morgan fingerprint density at radius 1 is 1.03 bits per heavy atom. The lowest BCUT2D eigenvalue weighted by atomic mass is 10.1. The lowest BCUT2D eigenvalue weighted by Gasteiger charge is -2.27. The van der Waals surface area contributed by atoms with Crippen LogP contribution in [0.15, 0.2) is 66.7 Å². The van der Waals surface area contributed by atoms with Gasteiger partial charge >= 0.3 is 0 Å². The van der Waals surface area contributed by atoms with E-state index in [4.69, 9.17) is 17.3 Å². The minimum atomic E-state index is -0.639. The fourth-order valence-corrected chi connectivity index (χ4v) is 3.50. The molecular weight excluding hydrogens is 402 g/mol. The van der Waals surface area contributed by atoms with E-state index in [1.807, 2.05) is 42.5 Å². The number of aliphatic hydroxyl groups excluding tert-OH is 1. The van der Waals surface area contributed by atoms with Gasteiger partial charge in [0.05, 0.1) is 10.6 Å². The van der Waals surface area contributed by atoms with Gasteiger partial charge < -0.3 is 10.0 Å². The molecule has 30 heavy (non-hydrogen) atoms. The number of carbonyl (C=O) groups excluding carboxylic acids is 1. The fourth-order valence-electron chi connectivity index (χ4n) is 3.21.